The maximum absolute atomic E-state index is 14.1. The molecule has 180 valence electrons. The average Bonchev–Trinajstić information content (AvgIpc) is 3.41. The minimum atomic E-state index is -0.816. The Morgan fingerprint density at radius 3 is 2.27 bits per heavy atom. The lowest BCUT2D eigenvalue weighted by atomic mass is 9.86. The highest BCUT2D eigenvalue weighted by Gasteiger charge is 2.64. The predicted octanol–water partition coefficient (Wildman–Crippen LogP) is 5.77. The van der Waals surface area contributed by atoms with Crippen molar-refractivity contribution in [2.45, 2.75) is 12.1 Å². The van der Waals surface area contributed by atoms with Crippen LogP contribution in [0.3, 0.4) is 0 Å². The summed E-state index contributed by atoms with van der Waals surface area (Å²) in [6, 6.07) is 26.7. The summed E-state index contributed by atoms with van der Waals surface area (Å²) in [7, 11) is 0. The van der Waals surface area contributed by atoms with E-state index < -0.39 is 23.9 Å². The fraction of sp³-hybridized carbons (Fsp3) is 0.129. The molecule has 2 saturated heterocycles. The van der Waals surface area contributed by atoms with Crippen LogP contribution in [0.1, 0.15) is 15.9 Å². The van der Waals surface area contributed by atoms with E-state index in [9.17, 15) is 14.4 Å². The smallest absolute Gasteiger partial charge is 0.240 e. The topological polar surface area (TPSA) is 57.7 Å². The van der Waals surface area contributed by atoms with Crippen LogP contribution in [0.5, 0.6) is 0 Å². The molecular formula is C31H21ClN2O3. The van der Waals surface area contributed by atoms with Crippen molar-refractivity contribution in [3.8, 4) is 0 Å². The third-order valence-electron chi connectivity index (χ3n) is 7.80. The van der Waals surface area contributed by atoms with Gasteiger partial charge in [0.15, 0.2) is 5.78 Å². The number of hydrogen-bond donors (Lipinski definition) is 0. The molecule has 0 aromatic heterocycles. The Labute approximate surface area is 218 Å². The summed E-state index contributed by atoms with van der Waals surface area (Å²) < 4.78 is 0. The molecule has 2 amide bonds. The second-order valence-electron chi connectivity index (χ2n) is 9.73. The first kappa shape index (κ1) is 22.0. The van der Waals surface area contributed by atoms with E-state index in [0.717, 1.165) is 22.0 Å². The van der Waals surface area contributed by atoms with E-state index in [-0.39, 0.29) is 17.6 Å². The van der Waals surface area contributed by atoms with Crippen LogP contribution in [0.4, 0.5) is 11.4 Å². The van der Waals surface area contributed by atoms with Crippen LogP contribution in [-0.4, -0.2) is 29.7 Å². The summed E-state index contributed by atoms with van der Waals surface area (Å²) in [5.41, 5.74) is 2.81. The van der Waals surface area contributed by atoms with Crippen molar-refractivity contribution in [2.75, 3.05) is 9.80 Å². The molecule has 7 rings (SSSR count). The van der Waals surface area contributed by atoms with Gasteiger partial charge in [-0.3, -0.25) is 14.4 Å². The zero-order chi connectivity index (χ0) is 25.3. The zero-order valence-electron chi connectivity index (χ0n) is 19.6. The van der Waals surface area contributed by atoms with E-state index in [2.05, 4.69) is 0 Å². The van der Waals surface area contributed by atoms with Gasteiger partial charge in [0.05, 0.1) is 23.6 Å². The van der Waals surface area contributed by atoms with Gasteiger partial charge in [-0.15, -0.1) is 0 Å². The van der Waals surface area contributed by atoms with Gasteiger partial charge in [-0.05, 0) is 58.8 Å². The van der Waals surface area contributed by atoms with Crippen molar-refractivity contribution in [3.05, 3.63) is 113 Å². The van der Waals surface area contributed by atoms with Gasteiger partial charge in [0.1, 0.15) is 6.04 Å². The SMILES string of the molecule is O=C(c1ccc(Cl)cc1)[C@@H]1[C@@H]2C(=O)N(c3ccc4ccccc4c3)C(=O)[C@@H]2[C@@H]2C=Cc3ccccc3N12. The molecule has 5 nitrogen and oxygen atoms in total. The molecule has 0 bridgehead atoms. The van der Waals surface area contributed by atoms with Crippen molar-refractivity contribution in [1.29, 1.82) is 0 Å². The Hall–Kier alpha value is -4.22. The van der Waals surface area contributed by atoms with E-state index in [4.69, 9.17) is 11.6 Å². The average molecular weight is 505 g/mol. The number of hydrogen-bond acceptors (Lipinski definition) is 4. The molecule has 0 N–H and O–H groups in total. The van der Waals surface area contributed by atoms with Crippen molar-refractivity contribution >= 4 is 57.4 Å². The summed E-state index contributed by atoms with van der Waals surface area (Å²) in [6.45, 7) is 0. The number of carbonyl (C=O) groups excluding carboxylic acids is 3. The highest BCUT2D eigenvalue weighted by atomic mass is 35.5. The molecule has 3 heterocycles. The Morgan fingerprint density at radius 1 is 0.757 bits per heavy atom. The van der Waals surface area contributed by atoms with Crippen molar-refractivity contribution in [3.63, 3.8) is 0 Å². The van der Waals surface area contributed by atoms with Crippen molar-refractivity contribution < 1.29 is 14.4 Å². The Kier molecular flexibility index (Phi) is 4.85. The van der Waals surface area contributed by atoms with Crippen LogP contribution in [0, 0.1) is 11.8 Å². The van der Waals surface area contributed by atoms with Crippen LogP contribution in [0.2, 0.25) is 5.02 Å². The molecule has 2 fully saturated rings. The van der Waals surface area contributed by atoms with Crippen LogP contribution in [0.15, 0.2) is 97.1 Å². The van der Waals surface area contributed by atoms with Gasteiger partial charge in [0, 0.05) is 16.3 Å². The van der Waals surface area contributed by atoms with Crippen LogP contribution >= 0.6 is 11.6 Å². The first-order chi connectivity index (χ1) is 18.0. The maximum atomic E-state index is 14.1. The molecule has 3 aliphatic heterocycles. The van der Waals surface area contributed by atoms with Crippen molar-refractivity contribution in [2.24, 2.45) is 11.8 Å². The molecule has 4 aromatic rings. The molecule has 0 unspecified atom stereocenters. The molecule has 0 radical (unpaired) electrons. The maximum Gasteiger partial charge on any atom is 0.240 e. The number of anilines is 2. The lowest BCUT2D eigenvalue weighted by Crippen LogP contribution is -2.48. The molecule has 37 heavy (non-hydrogen) atoms. The Morgan fingerprint density at radius 2 is 1.46 bits per heavy atom. The lowest BCUT2D eigenvalue weighted by molar-refractivity contribution is -0.122. The number of ketones is 1. The van der Waals surface area contributed by atoms with E-state index in [1.165, 1.54) is 4.90 Å². The summed E-state index contributed by atoms with van der Waals surface area (Å²) in [5, 5.41) is 2.50. The number of carbonyl (C=O) groups is 3. The Bertz CT molecular complexity index is 1640. The van der Waals surface area contributed by atoms with E-state index in [1.807, 2.05) is 77.7 Å². The number of imide groups is 1. The van der Waals surface area contributed by atoms with E-state index in [1.54, 1.807) is 30.3 Å². The number of fused-ring (bicyclic) bond motifs is 6. The third kappa shape index (κ3) is 3.20. The van der Waals surface area contributed by atoms with Crippen LogP contribution in [0.25, 0.3) is 16.8 Å². The molecule has 6 heteroatoms. The van der Waals surface area contributed by atoms with Gasteiger partial charge in [-0.25, -0.2) is 4.90 Å². The van der Waals surface area contributed by atoms with Crippen molar-refractivity contribution in [1.82, 2.24) is 0 Å². The fourth-order valence-corrected chi connectivity index (χ4v) is 6.29. The third-order valence-corrected chi connectivity index (χ3v) is 8.06. The number of Topliss-reactive ketones (excluding diaryl/α,β-unsaturated/α-hetero) is 1. The first-order valence-electron chi connectivity index (χ1n) is 12.2. The fourth-order valence-electron chi connectivity index (χ4n) is 6.17. The molecule has 4 aromatic carbocycles. The summed E-state index contributed by atoms with van der Waals surface area (Å²) in [6.07, 6.45) is 3.95. The Balaban J connectivity index is 1.36. The normalized spacial score (nSPS) is 23.8. The number of benzene rings is 4. The zero-order valence-corrected chi connectivity index (χ0v) is 20.4. The van der Waals surface area contributed by atoms with Gasteiger partial charge in [-0.2, -0.15) is 0 Å². The van der Waals surface area contributed by atoms with Gasteiger partial charge >= 0.3 is 0 Å². The van der Waals surface area contributed by atoms with Gasteiger partial charge in [0.25, 0.3) is 0 Å². The quantitative estimate of drug-likeness (QED) is 0.263. The van der Waals surface area contributed by atoms with E-state index >= 15 is 0 Å². The highest BCUT2D eigenvalue weighted by molar-refractivity contribution is 6.30. The monoisotopic (exact) mass is 504 g/mol. The predicted molar refractivity (Wildman–Crippen MR) is 145 cm³/mol. The molecule has 0 aliphatic carbocycles. The molecule has 0 spiro atoms. The minimum absolute atomic E-state index is 0.194. The molecular weight excluding hydrogens is 484 g/mol. The lowest BCUT2D eigenvalue weighted by Gasteiger charge is -2.36. The highest BCUT2D eigenvalue weighted by Crippen LogP contribution is 2.50. The standard InChI is InChI=1S/C31H21ClN2O3/c32-22-13-9-20(10-14-22)29(35)28-27-26(25-16-12-19-6-3-4-8-24(19)34(25)28)30(36)33(31(27)37)23-15-11-18-5-1-2-7-21(18)17-23/h1-17,25-28H/t25-,26+,27+,28-/m0/s1. The minimum Gasteiger partial charge on any atom is -0.352 e. The summed E-state index contributed by atoms with van der Waals surface area (Å²) in [4.78, 5) is 45.3. The number of para-hydroxylation sites is 1. The summed E-state index contributed by atoms with van der Waals surface area (Å²) in [5.74, 6) is -2.26. The molecule has 3 aliphatic rings. The van der Waals surface area contributed by atoms with Gasteiger partial charge in [-0.1, -0.05) is 72.3 Å². The first-order valence-corrected chi connectivity index (χ1v) is 12.6. The number of halogens is 1. The van der Waals surface area contributed by atoms with Gasteiger partial charge in [0.2, 0.25) is 11.8 Å². The second kappa shape index (κ2) is 8.15. The second-order valence-corrected chi connectivity index (χ2v) is 10.2. The van der Waals surface area contributed by atoms with Gasteiger partial charge < -0.3 is 4.90 Å². The van der Waals surface area contributed by atoms with E-state index in [0.29, 0.717) is 16.3 Å². The van der Waals surface area contributed by atoms with Crippen LogP contribution < -0.4 is 9.80 Å². The molecule has 0 saturated carbocycles. The summed E-state index contributed by atoms with van der Waals surface area (Å²) >= 11 is 6.08. The largest absolute Gasteiger partial charge is 0.352 e. The molecule has 4 atom stereocenters. The van der Waals surface area contributed by atoms with Crippen LogP contribution in [-0.2, 0) is 9.59 Å². The number of nitrogens with zero attached hydrogens (tertiary/aromatic N) is 2. The number of rotatable bonds is 3. The number of amides is 2.